The maximum absolute atomic E-state index is 12.4. The Morgan fingerprint density at radius 3 is 2.88 bits per heavy atom. The van der Waals surface area contributed by atoms with Gasteiger partial charge in [-0.05, 0) is 30.3 Å². The summed E-state index contributed by atoms with van der Waals surface area (Å²) >= 11 is 1.47. The largest absolute Gasteiger partial charge is 0.451 e. The number of aromatic nitrogens is 3. The number of carbonyl (C=O) groups excluding carboxylic acids is 1. The second kappa shape index (κ2) is 5.78. The summed E-state index contributed by atoms with van der Waals surface area (Å²) in [6, 6.07) is 14.7. The summed E-state index contributed by atoms with van der Waals surface area (Å²) in [7, 11) is 0. The van der Waals surface area contributed by atoms with Gasteiger partial charge < -0.3 is 8.83 Å². The summed E-state index contributed by atoms with van der Waals surface area (Å²) in [5, 5.41) is 11.3. The Labute approximate surface area is 150 Å². The number of carbonyl (C=O) groups is 1. The van der Waals surface area contributed by atoms with E-state index in [1.54, 1.807) is 23.7 Å². The fourth-order valence-corrected chi connectivity index (χ4v) is 3.34. The van der Waals surface area contributed by atoms with E-state index < -0.39 is 0 Å². The van der Waals surface area contributed by atoms with Gasteiger partial charge in [0.25, 0.3) is 11.8 Å². The third kappa shape index (κ3) is 2.52. The number of para-hydroxylation sites is 1. The van der Waals surface area contributed by atoms with Crippen LogP contribution >= 0.6 is 11.3 Å². The van der Waals surface area contributed by atoms with E-state index in [0.717, 1.165) is 21.2 Å². The zero-order valence-electron chi connectivity index (χ0n) is 13.2. The molecule has 0 aliphatic heterocycles. The lowest BCUT2D eigenvalue weighted by Crippen LogP contribution is -2.11. The molecule has 7 nitrogen and oxygen atoms in total. The van der Waals surface area contributed by atoms with Crippen molar-refractivity contribution in [3.05, 3.63) is 59.6 Å². The third-order valence-corrected chi connectivity index (χ3v) is 4.67. The van der Waals surface area contributed by atoms with Crippen molar-refractivity contribution in [2.24, 2.45) is 0 Å². The number of hydrogen-bond acceptors (Lipinski definition) is 7. The van der Waals surface area contributed by atoms with E-state index in [-0.39, 0.29) is 17.8 Å². The maximum atomic E-state index is 12.4. The minimum Gasteiger partial charge on any atom is -0.451 e. The van der Waals surface area contributed by atoms with Crippen molar-refractivity contribution in [3.63, 3.8) is 0 Å². The normalized spacial score (nSPS) is 11.2. The van der Waals surface area contributed by atoms with E-state index in [1.165, 1.54) is 11.3 Å². The van der Waals surface area contributed by atoms with Gasteiger partial charge in [0.05, 0.1) is 15.7 Å². The Kier molecular flexibility index (Phi) is 3.29. The Morgan fingerprint density at radius 2 is 1.96 bits per heavy atom. The van der Waals surface area contributed by atoms with Crippen LogP contribution in [0.5, 0.6) is 0 Å². The number of rotatable bonds is 3. The first kappa shape index (κ1) is 14.8. The van der Waals surface area contributed by atoms with Crippen molar-refractivity contribution >= 4 is 44.4 Å². The lowest BCUT2D eigenvalue weighted by atomic mass is 10.2. The van der Waals surface area contributed by atoms with Crippen LogP contribution in [0.3, 0.4) is 0 Å². The monoisotopic (exact) mass is 362 g/mol. The molecule has 0 unspecified atom stereocenters. The number of anilines is 1. The zero-order chi connectivity index (χ0) is 17.5. The van der Waals surface area contributed by atoms with Crippen LogP contribution < -0.4 is 5.32 Å². The number of nitrogens with zero attached hydrogens (tertiary/aromatic N) is 3. The number of benzene rings is 2. The molecule has 5 aromatic rings. The van der Waals surface area contributed by atoms with Gasteiger partial charge in [-0.3, -0.25) is 10.1 Å². The van der Waals surface area contributed by atoms with Gasteiger partial charge >= 0.3 is 6.01 Å². The van der Waals surface area contributed by atoms with Crippen molar-refractivity contribution < 1.29 is 13.6 Å². The molecule has 0 bridgehead atoms. The third-order valence-electron chi connectivity index (χ3n) is 3.88. The Bertz CT molecular complexity index is 1220. The van der Waals surface area contributed by atoms with Gasteiger partial charge in [-0.15, -0.1) is 16.4 Å². The molecule has 0 saturated heterocycles. The van der Waals surface area contributed by atoms with Gasteiger partial charge in [0, 0.05) is 10.9 Å². The Balaban J connectivity index is 1.40. The Hall–Kier alpha value is -3.52. The van der Waals surface area contributed by atoms with Crippen molar-refractivity contribution in [2.45, 2.75) is 0 Å². The maximum Gasteiger partial charge on any atom is 0.322 e. The average Bonchev–Trinajstić information content (AvgIpc) is 3.39. The van der Waals surface area contributed by atoms with Crippen molar-refractivity contribution in [1.82, 2.24) is 15.2 Å². The van der Waals surface area contributed by atoms with Crippen LogP contribution in [0, 0.1) is 0 Å². The molecule has 0 atom stereocenters. The van der Waals surface area contributed by atoms with E-state index in [2.05, 4.69) is 20.5 Å². The van der Waals surface area contributed by atoms with Crippen LogP contribution in [0.25, 0.3) is 32.8 Å². The average molecular weight is 362 g/mol. The van der Waals surface area contributed by atoms with E-state index in [0.29, 0.717) is 11.3 Å². The molecule has 5 rings (SSSR count). The molecule has 0 radical (unpaired) electrons. The molecule has 3 aromatic heterocycles. The van der Waals surface area contributed by atoms with Gasteiger partial charge in [-0.2, -0.15) is 0 Å². The smallest absolute Gasteiger partial charge is 0.322 e. The Morgan fingerprint density at radius 1 is 1.04 bits per heavy atom. The first-order valence-corrected chi connectivity index (χ1v) is 8.61. The van der Waals surface area contributed by atoms with Crippen LogP contribution in [0.1, 0.15) is 10.4 Å². The summed E-state index contributed by atoms with van der Waals surface area (Å²) in [5.41, 5.74) is 3.81. The first-order valence-electron chi connectivity index (χ1n) is 7.73. The number of hydrogen-bond donors (Lipinski definition) is 1. The van der Waals surface area contributed by atoms with Crippen LogP contribution in [0.15, 0.2) is 62.9 Å². The molecule has 1 amide bonds. The summed E-state index contributed by atoms with van der Waals surface area (Å²) in [6.07, 6.45) is 0. The summed E-state index contributed by atoms with van der Waals surface area (Å²) in [6.45, 7) is 0. The predicted octanol–water partition coefficient (Wildman–Crippen LogP) is 4.34. The number of furan rings is 1. The second-order valence-corrected chi connectivity index (χ2v) is 6.44. The number of fused-ring (bicyclic) bond motifs is 2. The molecule has 0 fully saturated rings. The molecule has 1 N–H and O–H groups in total. The van der Waals surface area contributed by atoms with E-state index in [1.807, 2.05) is 30.3 Å². The van der Waals surface area contributed by atoms with Crippen molar-refractivity contribution in [2.75, 3.05) is 5.32 Å². The van der Waals surface area contributed by atoms with E-state index >= 15 is 0 Å². The molecule has 3 heterocycles. The lowest BCUT2D eigenvalue weighted by molar-refractivity contribution is 0.102. The molecular weight excluding hydrogens is 352 g/mol. The number of nitrogens with one attached hydrogen (secondary N) is 1. The quantitative estimate of drug-likeness (QED) is 0.513. The summed E-state index contributed by atoms with van der Waals surface area (Å²) < 4.78 is 12.1. The fourth-order valence-electron chi connectivity index (χ4n) is 2.63. The van der Waals surface area contributed by atoms with Gasteiger partial charge in [0.15, 0.2) is 5.76 Å². The minimum absolute atomic E-state index is 0.00913. The zero-order valence-corrected chi connectivity index (χ0v) is 14.0. The van der Waals surface area contributed by atoms with E-state index in [4.69, 9.17) is 8.83 Å². The van der Waals surface area contributed by atoms with Crippen molar-refractivity contribution in [1.29, 1.82) is 0 Å². The number of amides is 1. The highest BCUT2D eigenvalue weighted by atomic mass is 32.1. The second-order valence-electron chi connectivity index (χ2n) is 5.55. The van der Waals surface area contributed by atoms with Gasteiger partial charge in [0.1, 0.15) is 5.58 Å². The molecule has 8 heteroatoms. The van der Waals surface area contributed by atoms with E-state index in [9.17, 15) is 4.79 Å². The lowest BCUT2D eigenvalue weighted by Gasteiger charge is -2.00. The van der Waals surface area contributed by atoms with Crippen LogP contribution in [0.2, 0.25) is 0 Å². The standard InChI is InChI=1S/C18H10N4O3S/c23-16(11-5-6-12-15(8-11)26-9-19-12)20-18-22-21-17(25-18)14-7-10-3-1-2-4-13(10)24-14/h1-9H,(H,20,22,23). The van der Waals surface area contributed by atoms with Gasteiger partial charge in [-0.25, -0.2) is 4.98 Å². The van der Waals surface area contributed by atoms with Gasteiger partial charge in [-0.1, -0.05) is 23.3 Å². The topological polar surface area (TPSA) is 94.1 Å². The van der Waals surface area contributed by atoms with Crippen LogP contribution in [-0.4, -0.2) is 21.1 Å². The highest BCUT2D eigenvalue weighted by molar-refractivity contribution is 7.16. The van der Waals surface area contributed by atoms with Crippen molar-refractivity contribution in [3.8, 4) is 11.7 Å². The predicted molar refractivity (Wildman–Crippen MR) is 97.1 cm³/mol. The molecular formula is C18H10N4O3S. The molecule has 0 aliphatic carbocycles. The molecule has 26 heavy (non-hydrogen) atoms. The first-order chi connectivity index (χ1) is 12.8. The highest BCUT2D eigenvalue weighted by Crippen LogP contribution is 2.27. The molecule has 0 saturated carbocycles. The highest BCUT2D eigenvalue weighted by Gasteiger charge is 2.16. The summed E-state index contributed by atoms with van der Waals surface area (Å²) in [4.78, 5) is 16.6. The molecule has 0 aliphatic rings. The molecule has 126 valence electrons. The van der Waals surface area contributed by atoms with Crippen LogP contribution in [-0.2, 0) is 0 Å². The van der Waals surface area contributed by atoms with Crippen LogP contribution in [0.4, 0.5) is 6.01 Å². The number of thiazole rings is 1. The summed E-state index contributed by atoms with van der Waals surface area (Å²) in [5.74, 6) is 0.319. The SMILES string of the molecule is O=C(Nc1nnc(-c2cc3ccccc3o2)o1)c1ccc2ncsc2c1. The molecule has 2 aromatic carbocycles. The molecule has 0 spiro atoms. The fraction of sp³-hybridized carbons (Fsp3) is 0. The minimum atomic E-state index is -0.333. The van der Waals surface area contributed by atoms with Gasteiger partial charge in [0.2, 0.25) is 0 Å².